The van der Waals surface area contributed by atoms with Gasteiger partial charge in [-0.25, -0.2) is 0 Å². The van der Waals surface area contributed by atoms with Crippen molar-refractivity contribution in [1.82, 2.24) is 20.5 Å². The monoisotopic (exact) mass is 432 g/mol. The Morgan fingerprint density at radius 3 is 2.59 bits per heavy atom. The van der Waals surface area contributed by atoms with E-state index in [1.54, 1.807) is 0 Å². The zero-order valence-electron chi connectivity index (χ0n) is 19.1. The maximum absolute atomic E-state index is 12.9. The molecule has 6 nitrogen and oxygen atoms in total. The third-order valence-electron chi connectivity index (χ3n) is 6.91. The summed E-state index contributed by atoms with van der Waals surface area (Å²) in [4.78, 5) is 28.6. The SMILES string of the molecule is CCC(NC(=O)CC1(C)CCC(C)CC1)c1nnc(-c2cccc3ccccc23)[nH]c1=O. The van der Waals surface area contributed by atoms with Gasteiger partial charge < -0.3 is 10.3 Å². The predicted molar refractivity (Wildman–Crippen MR) is 127 cm³/mol. The van der Waals surface area contributed by atoms with Crippen LogP contribution in [0.2, 0.25) is 0 Å². The highest BCUT2D eigenvalue weighted by atomic mass is 16.2. The number of hydrogen-bond acceptors (Lipinski definition) is 4. The number of fused-ring (bicyclic) bond motifs is 1. The highest BCUT2D eigenvalue weighted by Crippen LogP contribution is 2.41. The topological polar surface area (TPSA) is 87.7 Å². The minimum atomic E-state index is -0.452. The van der Waals surface area contributed by atoms with Crippen LogP contribution in [0.1, 0.15) is 71.0 Å². The largest absolute Gasteiger partial charge is 0.347 e. The molecule has 168 valence electrons. The van der Waals surface area contributed by atoms with E-state index >= 15 is 0 Å². The minimum Gasteiger partial charge on any atom is -0.347 e. The van der Waals surface area contributed by atoms with Gasteiger partial charge >= 0.3 is 0 Å². The number of carbonyl (C=O) groups excluding carboxylic acids is 1. The molecule has 3 aromatic rings. The summed E-state index contributed by atoms with van der Waals surface area (Å²) in [5.41, 5.74) is 0.807. The van der Waals surface area contributed by atoms with E-state index in [1.165, 1.54) is 12.8 Å². The molecule has 0 radical (unpaired) electrons. The molecule has 1 fully saturated rings. The molecule has 1 heterocycles. The van der Waals surface area contributed by atoms with Crippen LogP contribution in [-0.2, 0) is 4.79 Å². The Morgan fingerprint density at radius 2 is 1.88 bits per heavy atom. The normalized spacial score (nSPS) is 21.9. The van der Waals surface area contributed by atoms with Crippen molar-refractivity contribution in [1.29, 1.82) is 0 Å². The van der Waals surface area contributed by atoms with Gasteiger partial charge in [0, 0.05) is 12.0 Å². The Bertz CT molecular complexity index is 1160. The van der Waals surface area contributed by atoms with Crippen LogP contribution >= 0.6 is 0 Å². The fourth-order valence-corrected chi connectivity index (χ4v) is 4.76. The lowest BCUT2D eigenvalue weighted by Gasteiger charge is -2.36. The molecule has 0 aliphatic heterocycles. The molecular formula is C26H32N4O2. The summed E-state index contributed by atoms with van der Waals surface area (Å²) in [7, 11) is 0. The van der Waals surface area contributed by atoms with E-state index in [0.29, 0.717) is 18.7 Å². The Hall–Kier alpha value is -3.02. The van der Waals surface area contributed by atoms with Crippen LogP contribution in [0.25, 0.3) is 22.2 Å². The lowest BCUT2D eigenvalue weighted by atomic mass is 9.70. The summed E-state index contributed by atoms with van der Waals surface area (Å²) in [6.45, 7) is 6.42. The quantitative estimate of drug-likeness (QED) is 0.563. The van der Waals surface area contributed by atoms with E-state index in [0.717, 1.165) is 35.1 Å². The van der Waals surface area contributed by atoms with Gasteiger partial charge in [-0.1, -0.05) is 76.1 Å². The highest BCUT2D eigenvalue weighted by molar-refractivity contribution is 5.94. The van der Waals surface area contributed by atoms with E-state index in [4.69, 9.17) is 0 Å². The lowest BCUT2D eigenvalue weighted by molar-refractivity contribution is -0.124. The summed E-state index contributed by atoms with van der Waals surface area (Å²) >= 11 is 0. The number of rotatable bonds is 6. The van der Waals surface area contributed by atoms with Crippen molar-refractivity contribution in [3.63, 3.8) is 0 Å². The fraction of sp³-hybridized carbons (Fsp3) is 0.462. The lowest BCUT2D eigenvalue weighted by Crippen LogP contribution is -2.37. The number of aromatic amines is 1. The number of aromatic nitrogens is 3. The molecule has 32 heavy (non-hydrogen) atoms. The Kier molecular flexibility index (Phi) is 6.40. The van der Waals surface area contributed by atoms with E-state index in [9.17, 15) is 9.59 Å². The van der Waals surface area contributed by atoms with E-state index in [-0.39, 0.29) is 22.6 Å². The van der Waals surface area contributed by atoms with E-state index in [1.807, 2.05) is 49.4 Å². The van der Waals surface area contributed by atoms with Gasteiger partial charge in [-0.2, -0.15) is 0 Å². The highest BCUT2D eigenvalue weighted by Gasteiger charge is 2.32. The number of nitrogens with one attached hydrogen (secondary N) is 2. The maximum Gasteiger partial charge on any atom is 0.275 e. The molecule has 1 atom stereocenters. The van der Waals surface area contributed by atoms with Crippen molar-refractivity contribution >= 4 is 16.7 Å². The van der Waals surface area contributed by atoms with Gasteiger partial charge in [0.2, 0.25) is 5.91 Å². The third kappa shape index (κ3) is 4.74. The zero-order valence-corrected chi connectivity index (χ0v) is 19.1. The van der Waals surface area contributed by atoms with Gasteiger partial charge in [-0.05, 0) is 41.4 Å². The number of hydrogen-bond donors (Lipinski definition) is 2. The molecule has 0 saturated heterocycles. The van der Waals surface area contributed by atoms with Gasteiger partial charge in [0.25, 0.3) is 5.56 Å². The van der Waals surface area contributed by atoms with Crippen molar-refractivity contribution in [2.75, 3.05) is 0 Å². The van der Waals surface area contributed by atoms with Gasteiger partial charge in [0.1, 0.15) is 0 Å². The third-order valence-corrected chi connectivity index (χ3v) is 6.91. The standard InChI is InChI=1S/C26H32N4O2/c1-4-21(27-22(31)16-26(3)14-12-17(2)13-15-26)23-25(32)28-24(30-29-23)20-11-7-9-18-8-5-6-10-19(18)20/h5-11,17,21H,4,12-16H2,1-3H3,(H,27,31)(H,28,30,32). The maximum atomic E-state index is 12.9. The number of benzene rings is 2. The minimum absolute atomic E-state index is 0.0202. The first-order valence-electron chi connectivity index (χ1n) is 11.6. The fourth-order valence-electron chi connectivity index (χ4n) is 4.76. The molecule has 1 aliphatic carbocycles. The summed E-state index contributed by atoms with van der Waals surface area (Å²) in [5.74, 6) is 1.15. The van der Waals surface area contributed by atoms with Crippen LogP contribution in [-0.4, -0.2) is 21.1 Å². The van der Waals surface area contributed by atoms with Crippen molar-refractivity contribution in [3.8, 4) is 11.4 Å². The van der Waals surface area contributed by atoms with Gasteiger partial charge in [-0.15, -0.1) is 10.2 Å². The van der Waals surface area contributed by atoms with Crippen LogP contribution in [0.15, 0.2) is 47.3 Å². The zero-order chi connectivity index (χ0) is 22.7. The summed E-state index contributed by atoms with van der Waals surface area (Å²) < 4.78 is 0. The molecule has 0 spiro atoms. The molecule has 2 aromatic carbocycles. The molecular weight excluding hydrogens is 400 g/mol. The average molecular weight is 433 g/mol. The molecule has 0 bridgehead atoms. The van der Waals surface area contributed by atoms with Crippen molar-refractivity contribution in [2.45, 2.75) is 65.3 Å². The van der Waals surface area contributed by atoms with Crippen molar-refractivity contribution < 1.29 is 4.79 Å². The van der Waals surface area contributed by atoms with Crippen LogP contribution in [0.4, 0.5) is 0 Å². The summed E-state index contributed by atoms with van der Waals surface area (Å²) in [6, 6.07) is 13.4. The summed E-state index contributed by atoms with van der Waals surface area (Å²) in [6.07, 6.45) is 5.53. The summed E-state index contributed by atoms with van der Waals surface area (Å²) in [5, 5.41) is 13.7. The first kappa shape index (κ1) is 22.2. The molecule has 1 amide bonds. The number of carbonyl (C=O) groups is 1. The first-order chi connectivity index (χ1) is 15.4. The van der Waals surface area contributed by atoms with Crippen LogP contribution in [0, 0.1) is 11.3 Å². The molecule has 6 heteroatoms. The average Bonchev–Trinajstić information content (AvgIpc) is 2.79. The van der Waals surface area contributed by atoms with Crippen LogP contribution < -0.4 is 10.9 Å². The van der Waals surface area contributed by atoms with Crippen LogP contribution in [0.3, 0.4) is 0 Å². The molecule has 2 N–H and O–H groups in total. The van der Waals surface area contributed by atoms with Crippen molar-refractivity contribution in [2.24, 2.45) is 11.3 Å². The predicted octanol–water partition coefficient (Wildman–Crippen LogP) is 5.16. The first-order valence-corrected chi connectivity index (χ1v) is 11.6. The Balaban J connectivity index is 1.52. The van der Waals surface area contributed by atoms with Gasteiger partial charge in [-0.3, -0.25) is 9.59 Å². The molecule has 1 saturated carbocycles. The second-order valence-electron chi connectivity index (χ2n) is 9.61. The second kappa shape index (κ2) is 9.23. The smallest absolute Gasteiger partial charge is 0.275 e. The molecule has 4 rings (SSSR count). The molecule has 1 aromatic heterocycles. The van der Waals surface area contributed by atoms with E-state index in [2.05, 4.69) is 34.3 Å². The second-order valence-corrected chi connectivity index (χ2v) is 9.61. The number of nitrogens with zero attached hydrogens (tertiary/aromatic N) is 2. The Morgan fingerprint density at radius 1 is 1.16 bits per heavy atom. The van der Waals surface area contributed by atoms with Gasteiger partial charge in [0.15, 0.2) is 11.5 Å². The Labute approximate surface area is 188 Å². The van der Waals surface area contributed by atoms with E-state index < -0.39 is 6.04 Å². The number of amides is 1. The van der Waals surface area contributed by atoms with Crippen LogP contribution in [0.5, 0.6) is 0 Å². The molecule has 1 aliphatic rings. The number of H-pyrrole nitrogens is 1. The molecule has 1 unspecified atom stereocenters. The van der Waals surface area contributed by atoms with Crippen molar-refractivity contribution in [3.05, 3.63) is 58.5 Å². The van der Waals surface area contributed by atoms with Gasteiger partial charge in [0.05, 0.1) is 6.04 Å².